The molecule has 0 radical (unpaired) electrons. The van der Waals surface area contributed by atoms with Crippen LogP contribution in [0.15, 0.2) is 101 Å². The second-order valence-electron chi connectivity index (χ2n) is 8.05. The van der Waals surface area contributed by atoms with Gasteiger partial charge in [-0.1, -0.05) is 17.7 Å². The van der Waals surface area contributed by atoms with Crippen molar-refractivity contribution in [2.45, 2.75) is 16.7 Å². The highest BCUT2D eigenvalue weighted by molar-refractivity contribution is 7.93. The van der Waals surface area contributed by atoms with Gasteiger partial charge in [-0.15, -0.1) is 0 Å². The van der Waals surface area contributed by atoms with Gasteiger partial charge in [-0.25, -0.2) is 35.9 Å². The lowest BCUT2D eigenvalue weighted by Gasteiger charge is -2.24. The summed E-state index contributed by atoms with van der Waals surface area (Å²) in [6.45, 7) is 1.19. The van der Waals surface area contributed by atoms with Crippen molar-refractivity contribution in [2.24, 2.45) is 0 Å². The van der Waals surface area contributed by atoms with E-state index in [0.29, 0.717) is 0 Å². The van der Waals surface area contributed by atoms with Crippen molar-refractivity contribution in [1.82, 2.24) is 9.97 Å². The first-order valence-electron chi connectivity index (χ1n) is 11.1. The predicted octanol–water partition coefficient (Wildman–Crippen LogP) is 3.56. The second kappa shape index (κ2) is 10.9. The Bertz CT molecular complexity index is 1630. The van der Waals surface area contributed by atoms with Gasteiger partial charge in [0.15, 0.2) is 0 Å². The van der Waals surface area contributed by atoms with Crippen LogP contribution in [0.25, 0.3) is 0 Å². The third-order valence-corrected chi connectivity index (χ3v) is 8.38. The number of carbonyl (C=O) groups is 1. The van der Waals surface area contributed by atoms with Gasteiger partial charge in [-0.05, 0) is 73.7 Å². The Morgan fingerprint density at radius 2 is 1.42 bits per heavy atom. The minimum atomic E-state index is -4.18. The van der Waals surface area contributed by atoms with Gasteiger partial charge in [0, 0.05) is 18.1 Å². The fourth-order valence-electron chi connectivity index (χ4n) is 3.34. The molecule has 13 heteroatoms. The van der Waals surface area contributed by atoms with E-state index < -0.39 is 38.3 Å². The van der Waals surface area contributed by atoms with E-state index in [9.17, 15) is 26.0 Å². The fourth-order valence-corrected chi connectivity index (χ4v) is 5.72. The maximum Gasteiger partial charge on any atom is 0.264 e. The van der Waals surface area contributed by atoms with E-state index in [1.807, 2.05) is 6.92 Å². The Balaban J connectivity index is 1.53. The molecule has 3 aromatic carbocycles. The highest BCUT2D eigenvalue weighted by Crippen LogP contribution is 2.25. The van der Waals surface area contributed by atoms with Gasteiger partial charge in [0.05, 0.1) is 15.5 Å². The lowest BCUT2D eigenvalue weighted by molar-refractivity contribution is -0.114. The van der Waals surface area contributed by atoms with E-state index >= 15 is 0 Å². The number of aryl methyl sites for hydroxylation is 1. The Morgan fingerprint density at radius 1 is 0.842 bits per heavy atom. The topological polar surface area (TPSA) is 138 Å². The molecule has 4 rings (SSSR count). The van der Waals surface area contributed by atoms with E-state index in [0.717, 1.165) is 22.0 Å². The standard InChI is InChI=1S/C25H22FN5O5S2/c1-18-3-11-23(12-4-18)38(35,36)31(21-9-5-19(26)6-10-21)17-24(32)29-20-7-13-22(14-8-20)37(33,34)30-25-27-15-2-16-28-25/h2-16H,17H2,1H3,(H,29,32)(H,27,28,30). The fraction of sp³-hybridized carbons (Fsp3) is 0.0800. The van der Waals surface area contributed by atoms with Crippen LogP contribution in [-0.2, 0) is 24.8 Å². The number of nitrogens with zero attached hydrogens (tertiary/aromatic N) is 3. The number of halogens is 1. The van der Waals surface area contributed by atoms with Crippen molar-refractivity contribution in [3.8, 4) is 0 Å². The zero-order valence-corrected chi connectivity index (χ0v) is 21.6. The van der Waals surface area contributed by atoms with Crippen LogP contribution in [0.4, 0.5) is 21.7 Å². The normalized spacial score (nSPS) is 11.5. The molecular formula is C25H22FN5O5S2. The Hall–Kier alpha value is -4.36. The van der Waals surface area contributed by atoms with Crippen LogP contribution in [0, 0.1) is 12.7 Å². The van der Waals surface area contributed by atoms with Gasteiger partial charge in [-0.3, -0.25) is 9.10 Å². The minimum absolute atomic E-state index is 0.0373. The number of hydrogen-bond donors (Lipinski definition) is 2. The Labute approximate surface area is 219 Å². The number of amides is 1. The zero-order valence-electron chi connectivity index (χ0n) is 19.9. The monoisotopic (exact) mass is 555 g/mol. The first kappa shape index (κ1) is 26.7. The number of aromatic nitrogens is 2. The molecular weight excluding hydrogens is 533 g/mol. The van der Waals surface area contributed by atoms with Crippen molar-refractivity contribution in [1.29, 1.82) is 0 Å². The summed E-state index contributed by atoms with van der Waals surface area (Å²) in [5.41, 5.74) is 1.18. The Morgan fingerprint density at radius 3 is 2.03 bits per heavy atom. The molecule has 1 aromatic heterocycles. The number of carbonyl (C=O) groups excluding carboxylic acids is 1. The number of rotatable bonds is 9. The maximum atomic E-state index is 13.5. The number of nitrogens with one attached hydrogen (secondary N) is 2. The lowest BCUT2D eigenvalue weighted by atomic mass is 10.2. The van der Waals surface area contributed by atoms with Crippen LogP contribution in [0.3, 0.4) is 0 Å². The van der Waals surface area contributed by atoms with E-state index in [1.165, 1.54) is 60.9 Å². The van der Waals surface area contributed by atoms with Crippen molar-refractivity contribution >= 4 is 43.3 Å². The molecule has 0 spiro atoms. The summed E-state index contributed by atoms with van der Waals surface area (Å²) >= 11 is 0. The molecule has 0 aliphatic heterocycles. The van der Waals surface area contributed by atoms with Crippen LogP contribution in [-0.4, -0.2) is 39.3 Å². The molecule has 0 bridgehead atoms. The number of benzene rings is 3. The summed E-state index contributed by atoms with van der Waals surface area (Å²) in [6.07, 6.45) is 2.77. The van der Waals surface area contributed by atoms with Crippen LogP contribution < -0.4 is 14.3 Å². The van der Waals surface area contributed by atoms with E-state index in [1.54, 1.807) is 18.2 Å². The van der Waals surface area contributed by atoms with E-state index in [-0.39, 0.29) is 27.1 Å². The lowest BCUT2D eigenvalue weighted by Crippen LogP contribution is -2.38. The molecule has 0 aliphatic carbocycles. The van der Waals surface area contributed by atoms with Crippen LogP contribution in [0.2, 0.25) is 0 Å². The van der Waals surface area contributed by atoms with Gasteiger partial charge < -0.3 is 5.32 Å². The van der Waals surface area contributed by atoms with Gasteiger partial charge in [0.1, 0.15) is 12.4 Å². The summed E-state index contributed by atoms with van der Waals surface area (Å²) in [6, 6.07) is 17.6. The van der Waals surface area contributed by atoms with E-state index in [4.69, 9.17) is 0 Å². The Kier molecular flexibility index (Phi) is 7.69. The van der Waals surface area contributed by atoms with Crippen molar-refractivity contribution in [3.05, 3.63) is 103 Å². The molecule has 1 amide bonds. The van der Waals surface area contributed by atoms with Gasteiger partial charge >= 0.3 is 0 Å². The average molecular weight is 556 g/mol. The second-order valence-corrected chi connectivity index (χ2v) is 11.6. The van der Waals surface area contributed by atoms with Crippen LogP contribution >= 0.6 is 0 Å². The van der Waals surface area contributed by atoms with Crippen molar-refractivity contribution < 1.29 is 26.0 Å². The SMILES string of the molecule is Cc1ccc(S(=O)(=O)N(CC(=O)Nc2ccc(S(=O)(=O)Nc3ncccn3)cc2)c2ccc(F)cc2)cc1. The highest BCUT2D eigenvalue weighted by atomic mass is 32.2. The zero-order chi connectivity index (χ0) is 27.3. The third-order valence-electron chi connectivity index (χ3n) is 5.25. The van der Waals surface area contributed by atoms with Gasteiger partial charge in [0.2, 0.25) is 11.9 Å². The molecule has 1 heterocycles. The maximum absolute atomic E-state index is 13.5. The smallest absolute Gasteiger partial charge is 0.264 e. The third kappa shape index (κ3) is 6.30. The minimum Gasteiger partial charge on any atom is -0.325 e. The highest BCUT2D eigenvalue weighted by Gasteiger charge is 2.27. The van der Waals surface area contributed by atoms with Gasteiger partial charge in [-0.2, -0.15) is 0 Å². The number of sulfonamides is 2. The summed E-state index contributed by atoms with van der Waals surface area (Å²) in [5, 5.41) is 2.56. The average Bonchev–Trinajstić information content (AvgIpc) is 2.89. The molecule has 4 aromatic rings. The van der Waals surface area contributed by atoms with E-state index in [2.05, 4.69) is 20.0 Å². The van der Waals surface area contributed by atoms with Crippen LogP contribution in [0.1, 0.15) is 5.56 Å². The molecule has 2 N–H and O–H groups in total. The molecule has 0 saturated carbocycles. The first-order valence-corrected chi connectivity index (χ1v) is 14.0. The molecule has 38 heavy (non-hydrogen) atoms. The summed E-state index contributed by atoms with van der Waals surface area (Å²) < 4.78 is 68.5. The van der Waals surface area contributed by atoms with Gasteiger partial charge in [0.25, 0.3) is 20.0 Å². The molecule has 196 valence electrons. The quantitative estimate of drug-likeness (QED) is 0.322. The summed E-state index contributed by atoms with van der Waals surface area (Å²) in [7, 11) is -8.15. The molecule has 10 nitrogen and oxygen atoms in total. The molecule has 0 saturated heterocycles. The van der Waals surface area contributed by atoms with Crippen LogP contribution in [0.5, 0.6) is 0 Å². The first-order chi connectivity index (χ1) is 18.0. The number of hydrogen-bond acceptors (Lipinski definition) is 7. The number of anilines is 3. The molecule has 0 atom stereocenters. The largest absolute Gasteiger partial charge is 0.325 e. The predicted molar refractivity (Wildman–Crippen MR) is 140 cm³/mol. The molecule has 0 unspecified atom stereocenters. The molecule has 0 aliphatic rings. The summed E-state index contributed by atoms with van der Waals surface area (Å²) in [4.78, 5) is 20.4. The van der Waals surface area contributed by atoms with Crippen molar-refractivity contribution in [3.63, 3.8) is 0 Å². The summed E-state index contributed by atoms with van der Waals surface area (Å²) in [5.74, 6) is -1.36. The molecule has 0 fully saturated rings. The van der Waals surface area contributed by atoms with Crippen molar-refractivity contribution in [2.75, 3.05) is 20.9 Å².